The first kappa shape index (κ1) is 22.4. The lowest BCUT2D eigenvalue weighted by atomic mass is 9.85. The highest BCUT2D eigenvalue weighted by molar-refractivity contribution is 5.74. The van der Waals surface area contributed by atoms with Gasteiger partial charge in [-0.15, -0.1) is 0 Å². The molecule has 2 atom stereocenters. The standard InChI is InChI=1S/C26H35NO3/c1-3-4-18-30-26(28)24(19-21-12-7-5-8-13-21)25(27-16-9-6-10-17-27)22-14-11-15-23(20-22)29-2/h5,7-8,11-15,20,24-25H,3-4,6,9-10,16-19H2,1-2H3. The molecule has 1 aliphatic heterocycles. The highest BCUT2D eigenvalue weighted by atomic mass is 16.5. The quantitative estimate of drug-likeness (QED) is 0.388. The lowest BCUT2D eigenvalue weighted by molar-refractivity contribution is -0.151. The molecule has 30 heavy (non-hydrogen) atoms. The molecule has 0 spiro atoms. The van der Waals surface area contributed by atoms with Gasteiger partial charge in [0.05, 0.1) is 19.6 Å². The van der Waals surface area contributed by atoms with Gasteiger partial charge >= 0.3 is 5.97 Å². The summed E-state index contributed by atoms with van der Waals surface area (Å²) < 4.78 is 11.3. The van der Waals surface area contributed by atoms with Crippen LogP contribution in [0.15, 0.2) is 54.6 Å². The molecule has 162 valence electrons. The Balaban J connectivity index is 1.96. The fourth-order valence-corrected chi connectivity index (χ4v) is 4.34. The molecule has 2 aromatic rings. The second-order valence-electron chi connectivity index (χ2n) is 8.14. The molecule has 1 heterocycles. The fourth-order valence-electron chi connectivity index (χ4n) is 4.34. The third kappa shape index (κ3) is 6.09. The predicted molar refractivity (Wildman–Crippen MR) is 121 cm³/mol. The van der Waals surface area contributed by atoms with Crippen LogP contribution >= 0.6 is 0 Å². The zero-order valence-electron chi connectivity index (χ0n) is 18.4. The largest absolute Gasteiger partial charge is 0.497 e. The van der Waals surface area contributed by atoms with E-state index < -0.39 is 0 Å². The van der Waals surface area contributed by atoms with Gasteiger partial charge in [-0.3, -0.25) is 9.69 Å². The number of ether oxygens (including phenoxy) is 2. The maximum Gasteiger partial charge on any atom is 0.311 e. The molecule has 1 saturated heterocycles. The summed E-state index contributed by atoms with van der Waals surface area (Å²) in [6, 6.07) is 18.5. The number of benzene rings is 2. The van der Waals surface area contributed by atoms with Crippen LogP contribution < -0.4 is 4.74 Å². The normalized spacial score (nSPS) is 16.6. The molecule has 0 saturated carbocycles. The van der Waals surface area contributed by atoms with Gasteiger partial charge in [-0.05, 0) is 62.0 Å². The minimum atomic E-state index is -0.255. The first-order valence-electron chi connectivity index (χ1n) is 11.3. The van der Waals surface area contributed by atoms with Crippen LogP contribution in [-0.4, -0.2) is 37.7 Å². The van der Waals surface area contributed by atoms with Gasteiger partial charge in [-0.25, -0.2) is 0 Å². The molecule has 1 fully saturated rings. The van der Waals surface area contributed by atoms with Crippen LogP contribution in [0.2, 0.25) is 0 Å². The average molecular weight is 410 g/mol. The minimum absolute atomic E-state index is 0.0188. The molecule has 0 bridgehead atoms. The van der Waals surface area contributed by atoms with Gasteiger partial charge in [0.25, 0.3) is 0 Å². The van der Waals surface area contributed by atoms with Gasteiger partial charge in [0, 0.05) is 6.04 Å². The van der Waals surface area contributed by atoms with E-state index >= 15 is 0 Å². The van der Waals surface area contributed by atoms with Gasteiger partial charge in [0.1, 0.15) is 5.75 Å². The smallest absolute Gasteiger partial charge is 0.311 e. The Bertz CT molecular complexity index is 771. The van der Waals surface area contributed by atoms with Crippen LogP contribution in [0.3, 0.4) is 0 Å². The summed E-state index contributed by atoms with van der Waals surface area (Å²) in [7, 11) is 1.69. The summed E-state index contributed by atoms with van der Waals surface area (Å²) in [5.74, 6) is 0.479. The highest BCUT2D eigenvalue weighted by Gasteiger charge is 2.36. The minimum Gasteiger partial charge on any atom is -0.497 e. The van der Waals surface area contributed by atoms with Crippen molar-refractivity contribution in [3.05, 3.63) is 65.7 Å². The number of carbonyl (C=O) groups excluding carboxylic acids is 1. The van der Waals surface area contributed by atoms with Crippen LogP contribution in [0, 0.1) is 5.92 Å². The second kappa shape index (κ2) is 11.8. The molecule has 3 rings (SSSR count). The van der Waals surface area contributed by atoms with Crippen LogP contribution in [0.5, 0.6) is 5.75 Å². The summed E-state index contributed by atoms with van der Waals surface area (Å²) in [5.41, 5.74) is 2.30. The average Bonchev–Trinajstić information content (AvgIpc) is 2.80. The molecular formula is C26H35NO3. The molecule has 0 aliphatic carbocycles. The van der Waals surface area contributed by atoms with Crippen LogP contribution in [0.4, 0.5) is 0 Å². The van der Waals surface area contributed by atoms with E-state index in [1.165, 1.54) is 24.8 Å². The topological polar surface area (TPSA) is 38.8 Å². The summed E-state index contributed by atoms with van der Waals surface area (Å²) in [6.45, 7) is 4.62. The number of likely N-dealkylation sites (tertiary alicyclic amines) is 1. The number of nitrogens with zero attached hydrogens (tertiary/aromatic N) is 1. The Labute approximate surface area is 181 Å². The SMILES string of the molecule is CCCCOC(=O)C(Cc1ccccc1)C(c1cccc(OC)c1)N1CCCCC1. The monoisotopic (exact) mass is 409 g/mol. The van der Waals surface area contributed by atoms with Crippen LogP contribution in [-0.2, 0) is 16.0 Å². The molecule has 0 amide bonds. The van der Waals surface area contributed by atoms with E-state index in [-0.39, 0.29) is 17.9 Å². The van der Waals surface area contributed by atoms with Crippen molar-refractivity contribution in [1.29, 1.82) is 0 Å². The summed E-state index contributed by atoms with van der Waals surface area (Å²) in [5, 5.41) is 0. The molecule has 0 radical (unpaired) electrons. The van der Waals surface area contributed by atoms with E-state index in [9.17, 15) is 4.79 Å². The Morgan fingerprint density at radius 3 is 2.50 bits per heavy atom. The Morgan fingerprint density at radius 2 is 1.80 bits per heavy atom. The van der Waals surface area contributed by atoms with Crippen molar-refractivity contribution in [1.82, 2.24) is 4.90 Å². The van der Waals surface area contributed by atoms with Crippen molar-refractivity contribution in [3.63, 3.8) is 0 Å². The number of carbonyl (C=O) groups is 1. The fraction of sp³-hybridized carbons (Fsp3) is 0.500. The van der Waals surface area contributed by atoms with Gasteiger partial charge in [0.2, 0.25) is 0 Å². The van der Waals surface area contributed by atoms with Crippen molar-refractivity contribution in [2.45, 2.75) is 51.5 Å². The van der Waals surface area contributed by atoms with E-state index in [0.29, 0.717) is 13.0 Å². The number of methoxy groups -OCH3 is 1. The van der Waals surface area contributed by atoms with E-state index in [0.717, 1.165) is 37.2 Å². The number of piperidine rings is 1. The maximum absolute atomic E-state index is 13.4. The number of esters is 1. The molecule has 2 aromatic carbocycles. The third-order valence-corrected chi connectivity index (χ3v) is 5.94. The van der Waals surface area contributed by atoms with E-state index in [4.69, 9.17) is 9.47 Å². The van der Waals surface area contributed by atoms with Crippen molar-refractivity contribution in [3.8, 4) is 5.75 Å². The first-order chi connectivity index (χ1) is 14.7. The van der Waals surface area contributed by atoms with Gasteiger partial charge in [0.15, 0.2) is 0 Å². The zero-order chi connectivity index (χ0) is 21.2. The zero-order valence-corrected chi connectivity index (χ0v) is 18.4. The van der Waals surface area contributed by atoms with Crippen molar-refractivity contribution < 1.29 is 14.3 Å². The highest BCUT2D eigenvalue weighted by Crippen LogP contribution is 2.35. The molecule has 1 aliphatic rings. The van der Waals surface area contributed by atoms with E-state index in [1.807, 2.05) is 30.3 Å². The van der Waals surface area contributed by atoms with E-state index in [2.05, 4.69) is 36.1 Å². The molecular weight excluding hydrogens is 374 g/mol. The number of unbranched alkanes of at least 4 members (excludes halogenated alkanes) is 1. The number of rotatable bonds is 10. The summed E-state index contributed by atoms with van der Waals surface area (Å²) >= 11 is 0. The maximum atomic E-state index is 13.4. The first-order valence-corrected chi connectivity index (χ1v) is 11.3. The Morgan fingerprint density at radius 1 is 1.03 bits per heavy atom. The Kier molecular flexibility index (Phi) is 8.76. The number of hydrogen-bond donors (Lipinski definition) is 0. The Hall–Kier alpha value is -2.33. The second-order valence-corrected chi connectivity index (χ2v) is 8.14. The van der Waals surface area contributed by atoms with Gasteiger partial charge < -0.3 is 9.47 Å². The van der Waals surface area contributed by atoms with Crippen LogP contribution in [0.25, 0.3) is 0 Å². The van der Waals surface area contributed by atoms with Crippen molar-refractivity contribution in [2.24, 2.45) is 5.92 Å². The molecule has 2 unspecified atom stereocenters. The molecule has 0 N–H and O–H groups in total. The molecule has 4 nitrogen and oxygen atoms in total. The molecule has 0 aromatic heterocycles. The lowest BCUT2D eigenvalue weighted by Crippen LogP contribution is -2.41. The van der Waals surface area contributed by atoms with Crippen molar-refractivity contribution in [2.75, 3.05) is 26.8 Å². The predicted octanol–water partition coefficient (Wildman–Crippen LogP) is 5.42. The third-order valence-electron chi connectivity index (χ3n) is 5.94. The van der Waals surface area contributed by atoms with Crippen molar-refractivity contribution >= 4 is 5.97 Å². The van der Waals surface area contributed by atoms with Gasteiger partial charge in [-0.2, -0.15) is 0 Å². The summed E-state index contributed by atoms with van der Waals surface area (Å²) in [6.07, 6.45) is 6.18. The molecule has 4 heteroatoms. The number of hydrogen-bond acceptors (Lipinski definition) is 4. The van der Waals surface area contributed by atoms with Gasteiger partial charge in [-0.1, -0.05) is 62.2 Å². The van der Waals surface area contributed by atoms with Crippen LogP contribution in [0.1, 0.15) is 56.2 Å². The van der Waals surface area contributed by atoms with E-state index in [1.54, 1.807) is 7.11 Å². The summed E-state index contributed by atoms with van der Waals surface area (Å²) in [4.78, 5) is 15.8. The lowest BCUT2D eigenvalue weighted by Gasteiger charge is -2.39.